The molecule has 4 heteroatoms. The van der Waals surface area contributed by atoms with Crippen molar-refractivity contribution in [3.63, 3.8) is 0 Å². The minimum atomic E-state index is 0.0734. The minimum Gasteiger partial charge on any atom is -0.311 e. The summed E-state index contributed by atoms with van der Waals surface area (Å²) in [6.45, 7) is 2.14. The molecule has 1 aliphatic carbocycles. The van der Waals surface area contributed by atoms with Crippen LogP contribution < -0.4 is 5.32 Å². The molecule has 1 heterocycles. The molecule has 13 heavy (non-hydrogen) atoms. The molecule has 1 aliphatic rings. The van der Waals surface area contributed by atoms with E-state index in [1.165, 1.54) is 12.8 Å². The first-order valence-electron chi connectivity index (χ1n) is 4.47. The fourth-order valence-electron chi connectivity index (χ4n) is 1.30. The minimum absolute atomic E-state index is 0.0734. The van der Waals surface area contributed by atoms with E-state index in [1.54, 1.807) is 12.3 Å². The highest BCUT2D eigenvalue weighted by atomic mass is 16.1. The van der Waals surface area contributed by atoms with Crippen molar-refractivity contribution in [2.75, 3.05) is 5.32 Å². The molecular weight excluding hydrogens is 166 g/mol. The third kappa shape index (κ3) is 2.08. The van der Waals surface area contributed by atoms with E-state index in [9.17, 15) is 4.79 Å². The molecule has 0 aliphatic heterocycles. The van der Waals surface area contributed by atoms with Crippen LogP contribution in [0.3, 0.4) is 0 Å². The molecule has 1 fully saturated rings. The van der Waals surface area contributed by atoms with E-state index in [0.29, 0.717) is 12.2 Å². The second kappa shape index (κ2) is 2.87. The van der Waals surface area contributed by atoms with Gasteiger partial charge in [0.15, 0.2) is 0 Å². The van der Waals surface area contributed by atoms with Crippen LogP contribution in [0.25, 0.3) is 0 Å². The lowest BCUT2D eigenvalue weighted by Gasteiger charge is -2.06. The standard InChI is InChI=1S/C9H13N3O/c1-9(3-4-9)6-8(13)11-7-2-5-10-12-7/h2,5H,3-4,6H2,1H3,(H2,10,11,12,13). The molecule has 1 amide bonds. The van der Waals surface area contributed by atoms with Crippen LogP contribution in [-0.2, 0) is 4.79 Å². The van der Waals surface area contributed by atoms with E-state index >= 15 is 0 Å². The Morgan fingerprint density at radius 2 is 2.54 bits per heavy atom. The quantitative estimate of drug-likeness (QED) is 0.739. The largest absolute Gasteiger partial charge is 0.311 e. The summed E-state index contributed by atoms with van der Waals surface area (Å²) in [7, 11) is 0. The molecule has 4 nitrogen and oxygen atoms in total. The topological polar surface area (TPSA) is 57.8 Å². The van der Waals surface area contributed by atoms with Gasteiger partial charge >= 0.3 is 0 Å². The number of aromatic nitrogens is 2. The lowest BCUT2D eigenvalue weighted by molar-refractivity contribution is -0.117. The number of hydrogen-bond acceptors (Lipinski definition) is 2. The van der Waals surface area contributed by atoms with Gasteiger partial charge in [0.25, 0.3) is 0 Å². The highest BCUT2D eigenvalue weighted by Gasteiger charge is 2.39. The Balaban J connectivity index is 1.85. The Kier molecular flexibility index (Phi) is 1.83. The molecule has 0 atom stereocenters. The van der Waals surface area contributed by atoms with E-state index in [2.05, 4.69) is 22.4 Å². The van der Waals surface area contributed by atoms with Crippen LogP contribution in [0.5, 0.6) is 0 Å². The van der Waals surface area contributed by atoms with Crippen LogP contribution in [0.4, 0.5) is 5.82 Å². The number of nitrogens with zero attached hydrogens (tertiary/aromatic N) is 1. The molecule has 70 valence electrons. The third-order valence-corrected chi connectivity index (χ3v) is 2.47. The van der Waals surface area contributed by atoms with Crippen LogP contribution in [-0.4, -0.2) is 16.1 Å². The molecule has 1 saturated carbocycles. The van der Waals surface area contributed by atoms with Gasteiger partial charge < -0.3 is 5.32 Å². The van der Waals surface area contributed by atoms with Gasteiger partial charge in [0.1, 0.15) is 5.82 Å². The summed E-state index contributed by atoms with van der Waals surface area (Å²) in [5, 5.41) is 9.20. The molecule has 0 aromatic carbocycles. The number of carbonyl (C=O) groups is 1. The summed E-state index contributed by atoms with van der Waals surface area (Å²) < 4.78 is 0. The Morgan fingerprint density at radius 1 is 1.77 bits per heavy atom. The highest BCUT2D eigenvalue weighted by molar-refractivity contribution is 5.90. The van der Waals surface area contributed by atoms with Gasteiger partial charge in [0, 0.05) is 12.5 Å². The van der Waals surface area contributed by atoms with Crippen LogP contribution >= 0.6 is 0 Å². The number of anilines is 1. The van der Waals surface area contributed by atoms with Gasteiger partial charge in [-0.3, -0.25) is 9.89 Å². The highest BCUT2D eigenvalue weighted by Crippen LogP contribution is 2.48. The van der Waals surface area contributed by atoms with Crippen molar-refractivity contribution >= 4 is 11.7 Å². The first-order valence-corrected chi connectivity index (χ1v) is 4.47. The van der Waals surface area contributed by atoms with Crippen LogP contribution in [0.1, 0.15) is 26.2 Å². The number of amides is 1. The van der Waals surface area contributed by atoms with Crippen molar-refractivity contribution in [2.24, 2.45) is 5.41 Å². The van der Waals surface area contributed by atoms with Gasteiger partial charge in [-0.25, -0.2) is 0 Å². The van der Waals surface area contributed by atoms with E-state index in [1.807, 2.05) is 0 Å². The van der Waals surface area contributed by atoms with Crippen molar-refractivity contribution in [1.29, 1.82) is 0 Å². The van der Waals surface area contributed by atoms with Crippen LogP contribution in [0.2, 0.25) is 0 Å². The third-order valence-electron chi connectivity index (χ3n) is 2.47. The zero-order chi connectivity index (χ0) is 9.31. The SMILES string of the molecule is CC1(CC(=O)Nc2ccn[nH]2)CC1. The number of H-pyrrole nitrogens is 1. The molecule has 2 N–H and O–H groups in total. The zero-order valence-corrected chi connectivity index (χ0v) is 7.63. The van der Waals surface area contributed by atoms with Crippen molar-refractivity contribution in [3.05, 3.63) is 12.3 Å². The molecule has 0 saturated heterocycles. The van der Waals surface area contributed by atoms with Gasteiger partial charge in [0.05, 0.1) is 6.20 Å². The number of aromatic amines is 1. The molecule has 0 unspecified atom stereocenters. The lowest BCUT2D eigenvalue weighted by Crippen LogP contribution is -2.15. The van der Waals surface area contributed by atoms with E-state index < -0.39 is 0 Å². The summed E-state index contributed by atoms with van der Waals surface area (Å²) in [6.07, 6.45) is 4.58. The Bertz CT molecular complexity index is 301. The van der Waals surface area contributed by atoms with Gasteiger partial charge in [-0.1, -0.05) is 6.92 Å². The molecule has 0 spiro atoms. The van der Waals surface area contributed by atoms with Gasteiger partial charge in [0.2, 0.25) is 5.91 Å². The van der Waals surface area contributed by atoms with E-state index in [4.69, 9.17) is 0 Å². The fourth-order valence-corrected chi connectivity index (χ4v) is 1.30. The van der Waals surface area contributed by atoms with Gasteiger partial charge in [-0.15, -0.1) is 0 Å². The zero-order valence-electron chi connectivity index (χ0n) is 7.63. The Labute approximate surface area is 76.7 Å². The predicted octanol–water partition coefficient (Wildman–Crippen LogP) is 1.54. The number of carbonyl (C=O) groups excluding carboxylic acids is 1. The van der Waals surface area contributed by atoms with Crippen molar-refractivity contribution in [1.82, 2.24) is 10.2 Å². The Hall–Kier alpha value is -1.32. The van der Waals surface area contributed by atoms with Crippen LogP contribution in [0.15, 0.2) is 12.3 Å². The first kappa shape index (κ1) is 8.29. The molecule has 2 rings (SSSR count). The molecule has 1 aromatic rings. The van der Waals surface area contributed by atoms with Crippen molar-refractivity contribution in [2.45, 2.75) is 26.2 Å². The summed E-state index contributed by atoms with van der Waals surface area (Å²) in [5.41, 5.74) is 0.268. The normalized spacial score (nSPS) is 18.2. The molecule has 0 bridgehead atoms. The lowest BCUT2D eigenvalue weighted by atomic mass is 10.1. The Morgan fingerprint density at radius 3 is 3.08 bits per heavy atom. The summed E-state index contributed by atoms with van der Waals surface area (Å²) in [6, 6.07) is 1.74. The summed E-state index contributed by atoms with van der Waals surface area (Å²) >= 11 is 0. The van der Waals surface area contributed by atoms with Crippen LogP contribution in [0, 0.1) is 5.41 Å². The second-order valence-electron chi connectivity index (χ2n) is 4.01. The molecule has 1 aromatic heterocycles. The number of rotatable bonds is 3. The smallest absolute Gasteiger partial charge is 0.226 e. The number of hydrogen-bond donors (Lipinski definition) is 2. The monoisotopic (exact) mass is 179 g/mol. The van der Waals surface area contributed by atoms with Crippen molar-refractivity contribution < 1.29 is 4.79 Å². The van der Waals surface area contributed by atoms with E-state index in [0.717, 1.165) is 0 Å². The maximum absolute atomic E-state index is 11.4. The number of nitrogens with one attached hydrogen (secondary N) is 2. The molecular formula is C9H13N3O. The summed E-state index contributed by atoms with van der Waals surface area (Å²) in [4.78, 5) is 11.4. The molecule has 0 radical (unpaired) electrons. The maximum Gasteiger partial charge on any atom is 0.226 e. The first-order chi connectivity index (χ1) is 6.18. The van der Waals surface area contributed by atoms with Crippen molar-refractivity contribution in [3.8, 4) is 0 Å². The van der Waals surface area contributed by atoms with E-state index in [-0.39, 0.29) is 11.3 Å². The average molecular weight is 179 g/mol. The second-order valence-corrected chi connectivity index (χ2v) is 4.01. The van der Waals surface area contributed by atoms with Gasteiger partial charge in [-0.2, -0.15) is 5.10 Å². The summed E-state index contributed by atoms with van der Waals surface area (Å²) in [5.74, 6) is 0.749. The fraction of sp³-hybridized carbons (Fsp3) is 0.556. The maximum atomic E-state index is 11.4. The predicted molar refractivity (Wildman–Crippen MR) is 49.2 cm³/mol. The van der Waals surface area contributed by atoms with Gasteiger partial charge in [-0.05, 0) is 18.3 Å². The average Bonchev–Trinajstić information content (AvgIpc) is 2.61.